The molecule has 1 aliphatic carbocycles. The fourth-order valence-corrected chi connectivity index (χ4v) is 2.54. The summed E-state index contributed by atoms with van der Waals surface area (Å²) in [5, 5.41) is 9.24. The molecule has 0 radical (unpaired) electrons. The van der Waals surface area contributed by atoms with E-state index in [1.165, 1.54) is 0 Å². The molecule has 7 heteroatoms. The van der Waals surface area contributed by atoms with Crippen LogP contribution in [-0.2, 0) is 0 Å². The van der Waals surface area contributed by atoms with Crippen LogP contribution < -0.4 is 10.5 Å². The Morgan fingerprint density at radius 3 is 3.00 bits per heavy atom. The van der Waals surface area contributed by atoms with E-state index in [4.69, 9.17) is 10.5 Å². The van der Waals surface area contributed by atoms with Gasteiger partial charge in [-0.3, -0.25) is 0 Å². The second kappa shape index (κ2) is 5.69. The monoisotopic (exact) mass is 289 g/mol. The van der Waals surface area contributed by atoms with Gasteiger partial charge in [-0.15, -0.1) is 0 Å². The first-order valence-corrected chi connectivity index (χ1v) is 7.15. The van der Waals surface area contributed by atoms with E-state index < -0.39 is 0 Å². The number of allylic oxidation sites excluding steroid dienone is 1. The first kappa shape index (κ1) is 13.8. The summed E-state index contributed by atoms with van der Waals surface area (Å²) in [7, 11) is 0. The smallest absolute Gasteiger partial charge is 0.247 e. The Hall–Kier alpha value is -2.15. The molecule has 0 aromatic carbocycles. The number of imidazole rings is 1. The van der Waals surface area contributed by atoms with Crippen LogP contribution in [0.4, 0.5) is 5.95 Å². The van der Waals surface area contributed by atoms with Crippen molar-refractivity contribution in [3.8, 4) is 5.88 Å². The van der Waals surface area contributed by atoms with Crippen LogP contribution >= 0.6 is 0 Å². The molecule has 112 valence electrons. The highest BCUT2D eigenvalue weighted by atomic mass is 16.5. The van der Waals surface area contributed by atoms with Gasteiger partial charge in [0, 0.05) is 12.5 Å². The first-order valence-electron chi connectivity index (χ1n) is 7.15. The molecule has 3 N–H and O–H groups in total. The number of fused-ring (bicyclic) bond motifs is 1. The lowest BCUT2D eigenvalue weighted by Crippen LogP contribution is -2.09. The molecule has 7 nitrogen and oxygen atoms in total. The summed E-state index contributed by atoms with van der Waals surface area (Å²) in [6, 6.07) is 0.125. The number of aliphatic hydroxyl groups is 1. The minimum atomic E-state index is 0.125. The number of nitrogens with zero attached hydrogens (tertiary/aromatic N) is 4. The van der Waals surface area contributed by atoms with Crippen molar-refractivity contribution in [3.05, 3.63) is 18.5 Å². The molecule has 0 saturated heterocycles. The summed E-state index contributed by atoms with van der Waals surface area (Å²) in [6.45, 7) is 2.74. The predicted octanol–water partition coefficient (Wildman–Crippen LogP) is 1.31. The van der Waals surface area contributed by atoms with E-state index in [-0.39, 0.29) is 24.5 Å². The zero-order chi connectivity index (χ0) is 14.8. The van der Waals surface area contributed by atoms with Gasteiger partial charge in [0.2, 0.25) is 11.8 Å². The van der Waals surface area contributed by atoms with Gasteiger partial charge in [-0.25, -0.2) is 4.98 Å². The molecule has 0 unspecified atom stereocenters. The average Bonchev–Trinajstić information content (AvgIpc) is 3.10. The van der Waals surface area contributed by atoms with Crippen LogP contribution in [0.2, 0.25) is 0 Å². The number of nitrogen functional groups attached to an aromatic ring is 1. The summed E-state index contributed by atoms with van der Waals surface area (Å²) < 4.78 is 7.56. The second-order valence-electron chi connectivity index (χ2n) is 5.19. The molecule has 0 aliphatic heterocycles. The number of aromatic nitrogens is 4. The van der Waals surface area contributed by atoms with Crippen LogP contribution in [0.15, 0.2) is 18.5 Å². The quantitative estimate of drug-likeness (QED) is 0.805. The molecule has 0 saturated carbocycles. The van der Waals surface area contributed by atoms with Crippen LogP contribution in [0.3, 0.4) is 0 Å². The Morgan fingerprint density at radius 2 is 2.29 bits per heavy atom. The summed E-state index contributed by atoms with van der Waals surface area (Å²) in [6.07, 6.45) is 7.53. The van der Waals surface area contributed by atoms with Crippen molar-refractivity contribution in [2.45, 2.75) is 25.8 Å². The predicted molar refractivity (Wildman–Crippen MR) is 78.9 cm³/mol. The van der Waals surface area contributed by atoms with Gasteiger partial charge >= 0.3 is 0 Å². The van der Waals surface area contributed by atoms with Crippen LogP contribution in [0.25, 0.3) is 11.2 Å². The number of nitrogens with two attached hydrogens (primary N) is 1. The van der Waals surface area contributed by atoms with Gasteiger partial charge in [-0.05, 0) is 12.8 Å². The highest BCUT2D eigenvalue weighted by Gasteiger charge is 2.23. The van der Waals surface area contributed by atoms with Crippen molar-refractivity contribution in [2.75, 3.05) is 18.9 Å². The van der Waals surface area contributed by atoms with Crippen molar-refractivity contribution in [3.63, 3.8) is 0 Å². The summed E-state index contributed by atoms with van der Waals surface area (Å²) in [5.74, 6) is 0.789. The lowest BCUT2D eigenvalue weighted by molar-refractivity contribution is 0.244. The molecule has 2 heterocycles. The third-order valence-corrected chi connectivity index (χ3v) is 3.59. The van der Waals surface area contributed by atoms with Gasteiger partial charge in [-0.1, -0.05) is 19.1 Å². The van der Waals surface area contributed by atoms with Crippen molar-refractivity contribution in [1.29, 1.82) is 0 Å². The fraction of sp³-hybridized carbons (Fsp3) is 0.500. The molecule has 3 rings (SSSR count). The molecule has 0 bridgehead atoms. The van der Waals surface area contributed by atoms with Crippen molar-refractivity contribution in [1.82, 2.24) is 19.5 Å². The largest absolute Gasteiger partial charge is 0.476 e. The van der Waals surface area contributed by atoms with Gasteiger partial charge in [0.15, 0.2) is 11.2 Å². The first-order chi connectivity index (χ1) is 10.2. The molecule has 2 aromatic heterocycles. The SMILES string of the molecule is CCCOc1nc(N)nc2c1ncn2[C@H]1C=C[C@@H](CO)C1. The number of rotatable bonds is 5. The topological polar surface area (TPSA) is 99.1 Å². The van der Waals surface area contributed by atoms with Crippen molar-refractivity contribution < 1.29 is 9.84 Å². The molecular formula is C14H19N5O2. The van der Waals surface area contributed by atoms with Crippen LogP contribution in [0, 0.1) is 5.92 Å². The third kappa shape index (κ3) is 2.56. The third-order valence-electron chi connectivity index (χ3n) is 3.59. The molecule has 0 fully saturated rings. The van der Waals surface area contributed by atoms with Crippen LogP contribution in [0.1, 0.15) is 25.8 Å². The number of hydrogen-bond donors (Lipinski definition) is 2. The molecule has 2 aromatic rings. The van der Waals surface area contributed by atoms with E-state index >= 15 is 0 Å². The molecule has 2 atom stereocenters. The summed E-state index contributed by atoms with van der Waals surface area (Å²) in [4.78, 5) is 12.8. The lowest BCUT2D eigenvalue weighted by Gasteiger charge is -2.13. The van der Waals surface area contributed by atoms with Crippen LogP contribution in [-0.4, -0.2) is 37.8 Å². The highest BCUT2D eigenvalue weighted by molar-refractivity contribution is 5.77. The van der Waals surface area contributed by atoms with Gasteiger partial charge in [0.25, 0.3) is 0 Å². The molecule has 1 aliphatic rings. The number of ether oxygens (including phenoxy) is 1. The maximum atomic E-state index is 9.24. The van der Waals surface area contributed by atoms with E-state index in [0.717, 1.165) is 12.8 Å². The fourth-order valence-electron chi connectivity index (χ4n) is 2.54. The molecule has 21 heavy (non-hydrogen) atoms. The molecular weight excluding hydrogens is 270 g/mol. The van der Waals surface area contributed by atoms with E-state index in [1.807, 2.05) is 17.6 Å². The zero-order valence-electron chi connectivity index (χ0n) is 11.9. The minimum absolute atomic E-state index is 0.125. The highest BCUT2D eigenvalue weighted by Crippen LogP contribution is 2.31. The Kier molecular flexibility index (Phi) is 3.74. The summed E-state index contributed by atoms with van der Waals surface area (Å²) in [5.41, 5.74) is 7.07. The standard InChI is InChI=1S/C14H19N5O2/c1-2-5-21-13-11-12(17-14(15)18-13)19(8-16-11)10-4-3-9(6-10)7-20/h3-4,8-10,20H,2,5-7H2,1H3,(H2,15,17,18)/t9-,10+/m1/s1. The van der Waals surface area contributed by atoms with Crippen molar-refractivity contribution >= 4 is 17.1 Å². The van der Waals surface area contributed by atoms with E-state index in [9.17, 15) is 5.11 Å². The Labute approximate surface area is 122 Å². The molecule has 0 amide bonds. The maximum Gasteiger partial charge on any atom is 0.247 e. The number of hydrogen-bond acceptors (Lipinski definition) is 6. The Bertz CT molecular complexity index is 667. The Morgan fingerprint density at radius 1 is 1.43 bits per heavy atom. The van der Waals surface area contributed by atoms with Gasteiger partial charge in [0.1, 0.15) is 0 Å². The zero-order valence-corrected chi connectivity index (χ0v) is 11.9. The van der Waals surface area contributed by atoms with E-state index in [2.05, 4.69) is 21.0 Å². The normalized spacial score (nSPS) is 21.2. The van der Waals surface area contributed by atoms with Gasteiger partial charge in [0.05, 0.1) is 19.0 Å². The lowest BCUT2D eigenvalue weighted by atomic mass is 10.1. The van der Waals surface area contributed by atoms with E-state index in [1.54, 1.807) is 6.33 Å². The van der Waals surface area contributed by atoms with Crippen molar-refractivity contribution in [2.24, 2.45) is 5.92 Å². The van der Waals surface area contributed by atoms with Gasteiger partial charge < -0.3 is 20.1 Å². The maximum absolute atomic E-state index is 9.24. The minimum Gasteiger partial charge on any atom is -0.476 e. The Balaban J connectivity index is 1.98. The van der Waals surface area contributed by atoms with E-state index in [0.29, 0.717) is 23.7 Å². The summed E-state index contributed by atoms with van der Waals surface area (Å²) >= 11 is 0. The second-order valence-corrected chi connectivity index (χ2v) is 5.19. The molecule has 0 spiro atoms. The van der Waals surface area contributed by atoms with Gasteiger partial charge in [-0.2, -0.15) is 9.97 Å². The average molecular weight is 289 g/mol. The number of aliphatic hydroxyl groups excluding tert-OH is 1. The number of anilines is 1. The van der Waals surface area contributed by atoms with Crippen LogP contribution in [0.5, 0.6) is 5.88 Å².